The molecule has 1 saturated heterocycles. The standard InChI is InChI=1S/C18H17ClNO3P/c19-15-6-7-18-16(12-15)17(14-4-2-1-3-5-14)13-24(21,23-18)20-8-10-22-11-9-20/h1-7,12-13H,8-11H2. The van der Waals surface area contributed by atoms with Crippen molar-refractivity contribution in [1.29, 1.82) is 0 Å². The van der Waals surface area contributed by atoms with E-state index in [1.165, 1.54) is 0 Å². The number of hydrogen-bond acceptors (Lipinski definition) is 3. The van der Waals surface area contributed by atoms with Gasteiger partial charge >= 0.3 is 7.52 Å². The minimum Gasteiger partial charge on any atom is -0.429 e. The van der Waals surface area contributed by atoms with Crippen molar-refractivity contribution in [2.75, 3.05) is 26.3 Å². The molecule has 1 unspecified atom stereocenters. The van der Waals surface area contributed by atoms with Crippen molar-refractivity contribution in [3.05, 3.63) is 70.5 Å². The van der Waals surface area contributed by atoms with E-state index >= 15 is 0 Å². The van der Waals surface area contributed by atoms with E-state index in [9.17, 15) is 4.57 Å². The van der Waals surface area contributed by atoms with Gasteiger partial charge in [-0.25, -0.2) is 4.67 Å². The highest BCUT2D eigenvalue weighted by atomic mass is 35.5. The Bertz CT molecular complexity index is 831. The summed E-state index contributed by atoms with van der Waals surface area (Å²) in [5.41, 5.74) is 2.76. The van der Waals surface area contributed by atoms with E-state index in [-0.39, 0.29) is 0 Å². The van der Waals surface area contributed by atoms with E-state index in [0.717, 1.165) is 16.7 Å². The Balaban J connectivity index is 1.85. The van der Waals surface area contributed by atoms with Gasteiger partial charge in [0.05, 0.1) is 13.2 Å². The van der Waals surface area contributed by atoms with Gasteiger partial charge in [-0.3, -0.25) is 4.57 Å². The third-order valence-electron chi connectivity index (χ3n) is 4.22. The van der Waals surface area contributed by atoms with E-state index in [0.29, 0.717) is 37.1 Å². The Hall–Kier alpha value is -1.58. The van der Waals surface area contributed by atoms with E-state index < -0.39 is 7.52 Å². The van der Waals surface area contributed by atoms with Crippen LogP contribution in [0.25, 0.3) is 5.57 Å². The van der Waals surface area contributed by atoms with Gasteiger partial charge in [0.15, 0.2) is 0 Å². The molecule has 0 amide bonds. The zero-order chi connectivity index (χ0) is 16.6. The maximum Gasteiger partial charge on any atom is 0.343 e. The van der Waals surface area contributed by atoms with Crippen molar-refractivity contribution in [1.82, 2.24) is 4.67 Å². The molecule has 4 nitrogen and oxygen atoms in total. The summed E-state index contributed by atoms with van der Waals surface area (Å²) < 4.78 is 26.8. The molecule has 2 heterocycles. The zero-order valence-corrected chi connectivity index (χ0v) is 14.7. The highest BCUT2D eigenvalue weighted by molar-refractivity contribution is 7.60. The summed E-state index contributed by atoms with van der Waals surface area (Å²) in [5.74, 6) is 2.38. The van der Waals surface area contributed by atoms with Crippen LogP contribution in [0, 0.1) is 0 Å². The van der Waals surface area contributed by atoms with Crippen LogP contribution >= 0.6 is 19.1 Å². The highest BCUT2D eigenvalue weighted by Crippen LogP contribution is 2.59. The second-order valence-corrected chi connectivity index (χ2v) is 8.34. The number of hydrogen-bond donors (Lipinski definition) is 0. The lowest BCUT2D eigenvalue weighted by molar-refractivity contribution is 0.0690. The summed E-state index contributed by atoms with van der Waals surface area (Å²) in [6.45, 7) is 2.32. The Morgan fingerprint density at radius 3 is 2.54 bits per heavy atom. The Morgan fingerprint density at radius 1 is 1.04 bits per heavy atom. The van der Waals surface area contributed by atoms with E-state index in [1.54, 1.807) is 17.9 Å². The van der Waals surface area contributed by atoms with Crippen molar-refractivity contribution in [3.8, 4) is 5.75 Å². The van der Waals surface area contributed by atoms with Gasteiger partial charge in [-0.15, -0.1) is 0 Å². The van der Waals surface area contributed by atoms with Crippen LogP contribution in [0.5, 0.6) is 5.75 Å². The monoisotopic (exact) mass is 361 g/mol. The first-order valence-electron chi connectivity index (χ1n) is 7.86. The van der Waals surface area contributed by atoms with Crippen LogP contribution in [0.4, 0.5) is 0 Å². The van der Waals surface area contributed by atoms with Crippen molar-refractivity contribution in [2.24, 2.45) is 0 Å². The number of halogens is 1. The lowest BCUT2D eigenvalue weighted by Gasteiger charge is -2.35. The van der Waals surface area contributed by atoms with Crippen LogP contribution < -0.4 is 4.52 Å². The van der Waals surface area contributed by atoms with Gasteiger partial charge in [0.1, 0.15) is 5.75 Å². The molecule has 0 spiro atoms. The highest BCUT2D eigenvalue weighted by Gasteiger charge is 2.37. The van der Waals surface area contributed by atoms with Gasteiger partial charge in [-0.1, -0.05) is 41.9 Å². The third-order valence-corrected chi connectivity index (χ3v) is 6.69. The number of benzene rings is 2. The minimum absolute atomic E-state index is 0.565. The van der Waals surface area contributed by atoms with Crippen molar-refractivity contribution in [2.45, 2.75) is 0 Å². The largest absolute Gasteiger partial charge is 0.429 e. The first-order valence-corrected chi connectivity index (χ1v) is 9.89. The van der Waals surface area contributed by atoms with Gasteiger partial charge in [-0.05, 0) is 23.8 Å². The molecule has 4 rings (SSSR count). The molecule has 24 heavy (non-hydrogen) atoms. The average molecular weight is 362 g/mol. The fraction of sp³-hybridized carbons (Fsp3) is 0.222. The van der Waals surface area contributed by atoms with Gasteiger partial charge in [0.2, 0.25) is 0 Å². The topological polar surface area (TPSA) is 38.8 Å². The predicted molar refractivity (Wildman–Crippen MR) is 95.6 cm³/mol. The normalized spacial score (nSPS) is 24.0. The quantitative estimate of drug-likeness (QED) is 0.730. The predicted octanol–water partition coefficient (Wildman–Crippen LogP) is 4.65. The molecule has 1 fully saturated rings. The molecular formula is C18H17ClNO3P. The molecule has 0 saturated carbocycles. The number of ether oxygens (including phenoxy) is 1. The summed E-state index contributed by atoms with van der Waals surface area (Å²) in [7, 11) is -3.11. The maximum absolute atomic E-state index is 13.6. The summed E-state index contributed by atoms with van der Waals surface area (Å²) in [6, 6.07) is 15.3. The smallest absolute Gasteiger partial charge is 0.343 e. The van der Waals surface area contributed by atoms with Gasteiger partial charge < -0.3 is 9.26 Å². The molecule has 0 aliphatic carbocycles. The molecule has 2 aromatic carbocycles. The average Bonchev–Trinajstić information content (AvgIpc) is 2.63. The van der Waals surface area contributed by atoms with Crippen LogP contribution in [0.2, 0.25) is 5.02 Å². The fourth-order valence-corrected chi connectivity index (χ4v) is 5.29. The molecular weight excluding hydrogens is 345 g/mol. The second-order valence-electron chi connectivity index (χ2n) is 5.77. The summed E-state index contributed by atoms with van der Waals surface area (Å²) >= 11 is 6.17. The lowest BCUT2D eigenvalue weighted by atomic mass is 9.99. The SMILES string of the molecule is O=P1(N2CCOCC2)C=C(c2ccccc2)c2cc(Cl)ccc2O1. The number of morpholine rings is 1. The molecule has 1 atom stereocenters. The van der Waals surface area contributed by atoms with Crippen LogP contribution in [0.3, 0.4) is 0 Å². The molecule has 0 N–H and O–H groups in total. The number of nitrogens with zero attached hydrogens (tertiary/aromatic N) is 1. The molecule has 124 valence electrons. The fourth-order valence-electron chi connectivity index (χ4n) is 3.01. The first kappa shape index (κ1) is 15.9. The van der Waals surface area contributed by atoms with Crippen LogP contribution in [-0.4, -0.2) is 31.0 Å². The molecule has 0 aromatic heterocycles. The van der Waals surface area contributed by atoms with Gasteiger partial charge in [-0.2, -0.15) is 0 Å². The number of rotatable bonds is 2. The van der Waals surface area contributed by atoms with Crippen LogP contribution in [-0.2, 0) is 9.30 Å². The van der Waals surface area contributed by atoms with E-state index in [4.69, 9.17) is 20.9 Å². The van der Waals surface area contributed by atoms with E-state index in [2.05, 4.69) is 0 Å². The molecule has 2 aliphatic heterocycles. The van der Waals surface area contributed by atoms with Gasteiger partial charge in [0, 0.05) is 35.1 Å². The second kappa shape index (κ2) is 6.38. The molecule has 0 bridgehead atoms. The van der Waals surface area contributed by atoms with Gasteiger partial charge in [0.25, 0.3) is 0 Å². The minimum atomic E-state index is -3.11. The molecule has 0 radical (unpaired) electrons. The first-order chi connectivity index (χ1) is 11.7. The number of fused-ring (bicyclic) bond motifs is 1. The maximum atomic E-state index is 13.6. The molecule has 2 aliphatic rings. The van der Waals surface area contributed by atoms with Crippen molar-refractivity contribution >= 4 is 24.7 Å². The Morgan fingerprint density at radius 2 is 1.79 bits per heavy atom. The Kier molecular flexibility index (Phi) is 4.23. The molecule has 2 aromatic rings. The Labute approximate surface area is 146 Å². The van der Waals surface area contributed by atoms with Crippen LogP contribution in [0.1, 0.15) is 11.1 Å². The van der Waals surface area contributed by atoms with Crippen molar-refractivity contribution < 1.29 is 13.8 Å². The summed E-state index contributed by atoms with van der Waals surface area (Å²) in [4.78, 5) is 0. The van der Waals surface area contributed by atoms with Crippen molar-refractivity contribution in [3.63, 3.8) is 0 Å². The van der Waals surface area contributed by atoms with Crippen LogP contribution in [0.15, 0.2) is 54.3 Å². The summed E-state index contributed by atoms with van der Waals surface area (Å²) in [6.07, 6.45) is 0. The summed E-state index contributed by atoms with van der Waals surface area (Å²) in [5, 5.41) is 0.627. The third kappa shape index (κ3) is 2.91. The van der Waals surface area contributed by atoms with E-state index in [1.807, 2.05) is 41.1 Å². The molecule has 6 heteroatoms. The zero-order valence-electron chi connectivity index (χ0n) is 13.0. The lowest BCUT2D eigenvalue weighted by Crippen LogP contribution is -2.35.